The number of aryl methyl sites for hydroxylation is 2. The highest BCUT2D eigenvalue weighted by Gasteiger charge is 2.18. The van der Waals surface area contributed by atoms with Crippen LogP contribution in [0.5, 0.6) is 0 Å². The number of carbonyl (C=O) groups excluding carboxylic acids is 1. The average molecular weight is 328 g/mol. The van der Waals surface area contributed by atoms with E-state index in [2.05, 4.69) is 20.5 Å². The monoisotopic (exact) mass is 328 g/mol. The maximum absolute atomic E-state index is 12.7. The summed E-state index contributed by atoms with van der Waals surface area (Å²) in [6.45, 7) is 4.84. The SMILES string of the molecule is CCCc1nc(CN(CC)C(=O)c2ccc3c(c2)nnn3C)no1. The Bertz CT molecular complexity index is 853. The van der Waals surface area contributed by atoms with E-state index < -0.39 is 0 Å². The van der Waals surface area contributed by atoms with E-state index in [0.717, 1.165) is 18.4 Å². The second-order valence-corrected chi connectivity index (χ2v) is 5.59. The van der Waals surface area contributed by atoms with Gasteiger partial charge in [-0.25, -0.2) is 4.68 Å². The van der Waals surface area contributed by atoms with Gasteiger partial charge in [-0.2, -0.15) is 4.98 Å². The van der Waals surface area contributed by atoms with E-state index in [9.17, 15) is 4.79 Å². The quantitative estimate of drug-likeness (QED) is 0.687. The van der Waals surface area contributed by atoms with E-state index in [1.165, 1.54) is 0 Å². The number of carbonyl (C=O) groups is 1. The van der Waals surface area contributed by atoms with E-state index >= 15 is 0 Å². The molecule has 0 fully saturated rings. The van der Waals surface area contributed by atoms with Gasteiger partial charge >= 0.3 is 0 Å². The van der Waals surface area contributed by atoms with Crippen LogP contribution in [-0.2, 0) is 20.0 Å². The first-order valence-corrected chi connectivity index (χ1v) is 8.02. The van der Waals surface area contributed by atoms with Gasteiger partial charge in [-0.1, -0.05) is 17.3 Å². The minimum atomic E-state index is -0.0908. The van der Waals surface area contributed by atoms with Crippen LogP contribution >= 0.6 is 0 Å². The summed E-state index contributed by atoms with van der Waals surface area (Å²) in [5.41, 5.74) is 2.16. The van der Waals surface area contributed by atoms with Crippen LogP contribution in [0.2, 0.25) is 0 Å². The van der Waals surface area contributed by atoms with Gasteiger partial charge in [0.05, 0.1) is 12.1 Å². The zero-order valence-electron chi connectivity index (χ0n) is 14.1. The van der Waals surface area contributed by atoms with Crippen LogP contribution < -0.4 is 0 Å². The second-order valence-electron chi connectivity index (χ2n) is 5.59. The van der Waals surface area contributed by atoms with E-state index in [4.69, 9.17) is 4.52 Å². The van der Waals surface area contributed by atoms with Crippen LogP contribution in [0.1, 0.15) is 42.3 Å². The van der Waals surface area contributed by atoms with Gasteiger partial charge in [-0.05, 0) is 31.5 Å². The normalized spacial score (nSPS) is 11.1. The smallest absolute Gasteiger partial charge is 0.254 e. The molecule has 0 saturated heterocycles. The molecule has 1 amide bonds. The zero-order valence-corrected chi connectivity index (χ0v) is 14.1. The van der Waals surface area contributed by atoms with Crippen molar-refractivity contribution in [3.8, 4) is 0 Å². The molecule has 3 aromatic rings. The molecule has 0 bridgehead atoms. The number of fused-ring (bicyclic) bond motifs is 1. The Morgan fingerprint density at radius 3 is 2.92 bits per heavy atom. The number of hydrogen-bond donors (Lipinski definition) is 0. The molecule has 126 valence electrons. The summed E-state index contributed by atoms with van der Waals surface area (Å²) in [4.78, 5) is 18.7. The fourth-order valence-electron chi connectivity index (χ4n) is 2.52. The highest BCUT2D eigenvalue weighted by Crippen LogP contribution is 2.15. The Kier molecular flexibility index (Phi) is 4.54. The zero-order chi connectivity index (χ0) is 17.1. The van der Waals surface area contributed by atoms with Crippen molar-refractivity contribution in [2.75, 3.05) is 6.54 Å². The van der Waals surface area contributed by atoms with Gasteiger partial charge in [0.25, 0.3) is 5.91 Å². The largest absolute Gasteiger partial charge is 0.339 e. The van der Waals surface area contributed by atoms with Gasteiger partial charge in [0.15, 0.2) is 5.82 Å². The van der Waals surface area contributed by atoms with Crippen molar-refractivity contribution < 1.29 is 9.32 Å². The summed E-state index contributed by atoms with van der Waals surface area (Å²) in [6, 6.07) is 5.39. The molecule has 0 saturated carbocycles. The average Bonchev–Trinajstić information content (AvgIpc) is 3.19. The molecule has 2 aromatic heterocycles. The van der Waals surface area contributed by atoms with E-state index in [1.807, 2.05) is 27.0 Å². The minimum absolute atomic E-state index is 0.0908. The lowest BCUT2D eigenvalue weighted by Crippen LogP contribution is -2.30. The third-order valence-corrected chi connectivity index (χ3v) is 3.83. The predicted molar refractivity (Wildman–Crippen MR) is 87.2 cm³/mol. The summed E-state index contributed by atoms with van der Waals surface area (Å²) < 4.78 is 6.85. The molecular weight excluding hydrogens is 308 g/mol. The van der Waals surface area contributed by atoms with E-state index in [-0.39, 0.29) is 5.91 Å². The molecule has 24 heavy (non-hydrogen) atoms. The van der Waals surface area contributed by atoms with Crippen LogP contribution in [0.3, 0.4) is 0 Å². The first kappa shape index (κ1) is 16.1. The molecule has 8 nitrogen and oxygen atoms in total. The molecular formula is C16H20N6O2. The van der Waals surface area contributed by atoms with Crippen LogP contribution in [0.15, 0.2) is 22.7 Å². The number of nitrogens with zero attached hydrogens (tertiary/aromatic N) is 6. The van der Waals surface area contributed by atoms with Crippen molar-refractivity contribution in [2.45, 2.75) is 33.2 Å². The number of hydrogen-bond acceptors (Lipinski definition) is 6. The number of aromatic nitrogens is 5. The van der Waals surface area contributed by atoms with Gasteiger partial charge in [-0.3, -0.25) is 4.79 Å². The number of rotatable bonds is 6. The summed E-state index contributed by atoms with van der Waals surface area (Å²) in [5.74, 6) is 1.04. The third kappa shape index (κ3) is 3.12. The molecule has 0 aliphatic carbocycles. The van der Waals surface area contributed by atoms with Crippen molar-refractivity contribution >= 4 is 16.9 Å². The molecule has 0 spiro atoms. The third-order valence-electron chi connectivity index (χ3n) is 3.83. The maximum Gasteiger partial charge on any atom is 0.254 e. The molecule has 0 unspecified atom stereocenters. The van der Waals surface area contributed by atoms with Crippen LogP contribution in [0, 0.1) is 0 Å². The topological polar surface area (TPSA) is 89.9 Å². The summed E-state index contributed by atoms with van der Waals surface area (Å²) in [6.07, 6.45) is 1.69. The summed E-state index contributed by atoms with van der Waals surface area (Å²) in [5, 5.41) is 12.0. The van der Waals surface area contributed by atoms with Crippen LogP contribution in [0.4, 0.5) is 0 Å². The summed E-state index contributed by atoms with van der Waals surface area (Å²) in [7, 11) is 1.82. The van der Waals surface area contributed by atoms with Gasteiger partial charge in [0.1, 0.15) is 5.52 Å². The van der Waals surface area contributed by atoms with Crippen molar-refractivity contribution in [1.82, 2.24) is 30.0 Å². The molecule has 0 aliphatic heterocycles. The molecule has 1 aromatic carbocycles. The van der Waals surface area contributed by atoms with Gasteiger partial charge in [0, 0.05) is 25.6 Å². The van der Waals surface area contributed by atoms with Crippen LogP contribution in [0.25, 0.3) is 11.0 Å². The predicted octanol–water partition coefficient (Wildman–Crippen LogP) is 1.97. The highest BCUT2D eigenvalue weighted by molar-refractivity contribution is 5.97. The molecule has 0 aliphatic rings. The molecule has 3 rings (SSSR count). The number of amides is 1. The molecule has 0 N–H and O–H groups in total. The van der Waals surface area contributed by atoms with Gasteiger partial charge < -0.3 is 9.42 Å². The van der Waals surface area contributed by atoms with Crippen molar-refractivity contribution in [3.63, 3.8) is 0 Å². The highest BCUT2D eigenvalue weighted by atomic mass is 16.5. The van der Waals surface area contributed by atoms with E-state index in [1.54, 1.807) is 21.7 Å². The van der Waals surface area contributed by atoms with Gasteiger partial charge in [0.2, 0.25) is 5.89 Å². The molecule has 0 atom stereocenters. The van der Waals surface area contributed by atoms with Gasteiger partial charge in [-0.15, -0.1) is 5.10 Å². The lowest BCUT2D eigenvalue weighted by atomic mass is 10.1. The van der Waals surface area contributed by atoms with Crippen molar-refractivity contribution in [3.05, 3.63) is 35.5 Å². The maximum atomic E-state index is 12.7. The fraction of sp³-hybridized carbons (Fsp3) is 0.438. The van der Waals surface area contributed by atoms with Crippen molar-refractivity contribution in [2.24, 2.45) is 7.05 Å². The fourth-order valence-corrected chi connectivity index (χ4v) is 2.52. The Morgan fingerprint density at radius 2 is 2.17 bits per heavy atom. The van der Waals surface area contributed by atoms with E-state index in [0.29, 0.717) is 35.9 Å². The second kappa shape index (κ2) is 6.77. The lowest BCUT2D eigenvalue weighted by molar-refractivity contribution is 0.0747. The Morgan fingerprint density at radius 1 is 1.33 bits per heavy atom. The Hall–Kier alpha value is -2.77. The Balaban J connectivity index is 1.78. The molecule has 8 heteroatoms. The first-order valence-electron chi connectivity index (χ1n) is 8.02. The minimum Gasteiger partial charge on any atom is -0.339 e. The molecule has 0 radical (unpaired) electrons. The van der Waals surface area contributed by atoms with Crippen molar-refractivity contribution in [1.29, 1.82) is 0 Å². The first-order chi connectivity index (χ1) is 11.6. The lowest BCUT2D eigenvalue weighted by Gasteiger charge is -2.19. The summed E-state index contributed by atoms with van der Waals surface area (Å²) >= 11 is 0. The van der Waals surface area contributed by atoms with Crippen LogP contribution in [-0.4, -0.2) is 42.5 Å². The Labute approximate surface area is 139 Å². The molecule has 2 heterocycles. The number of benzene rings is 1. The standard InChI is InChI=1S/C16H20N6O2/c1-4-6-15-17-14(19-24-15)10-22(5-2)16(23)11-7-8-13-12(9-11)18-20-21(13)3/h7-9H,4-6,10H2,1-3H3.